The first kappa shape index (κ1) is 17.2. The van der Waals surface area contributed by atoms with Gasteiger partial charge < -0.3 is 10.2 Å². The molecule has 0 radical (unpaired) electrons. The SMILES string of the molecule is CCC(C)C(C)(CC)c1ccc2c(c1)C(O)c1ccccc1C2O. The second-order valence-corrected chi connectivity index (χ2v) is 7.36. The average molecular weight is 324 g/mol. The molecule has 0 bridgehead atoms. The van der Waals surface area contributed by atoms with E-state index in [0.717, 1.165) is 35.1 Å². The van der Waals surface area contributed by atoms with Crippen LogP contribution in [-0.4, -0.2) is 10.2 Å². The first-order valence-electron chi connectivity index (χ1n) is 9.03. The Morgan fingerprint density at radius 3 is 2.00 bits per heavy atom. The van der Waals surface area contributed by atoms with Gasteiger partial charge in [0.2, 0.25) is 0 Å². The summed E-state index contributed by atoms with van der Waals surface area (Å²) in [6, 6.07) is 13.9. The van der Waals surface area contributed by atoms with Gasteiger partial charge in [0.05, 0.1) is 0 Å². The maximum atomic E-state index is 10.9. The third-order valence-corrected chi connectivity index (χ3v) is 6.36. The van der Waals surface area contributed by atoms with Crippen molar-refractivity contribution in [3.63, 3.8) is 0 Å². The van der Waals surface area contributed by atoms with E-state index in [0.29, 0.717) is 5.92 Å². The fourth-order valence-corrected chi connectivity index (χ4v) is 4.05. The van der Waals surface area contributed by atoms with Crippen LogP contribution in [0.15, 0.2) is 42.5 Å². The summed E-state index contributed by atoms with van der Waals surface area (Å²) in [4.78, 5) is 0. The van der Waals surface area contributed by atoms with Crippen LogP contribution < -0.4 is 0 Å². The maximum absolute atomic E-state index is 10.9. The van der Waals surface area contributed by atoms with Crippen molar-refractivity contribution in [3.8, 4) is 0 Å². The van der Waals surface area contributed by atoms with Crippen molar-refractivity contribution in [1.29, 1.82) is 0 Å². The molecule has 4 atom stereocenters. The molecule has 1 aliphatic carbocycles. The number of hydrogen-bond acceptors (Lipinski definition) is 2. The van der Waals surface area contributed by atoms with E-state index in [4.69, 9.17) is 0 Å². The number of benzene rings is 2. The third kappa shape index (κ3) is 2.49. The molecular weight excluding hydrogens is 296 g/mol. The van der Waals surface area contributed by atoms with E-state index < -0.39 is 12.2 Å². The Morgan fingerprint density at radius 1 is 0.917 bits per heavy atom. The number of fused-ring (bicyclic) bond motifs is 2. The second-order valence-electron chi connectivity index (χ2n) is 7.36. The van der Waals surface area contributed by atoms with Crippen molar-refractivity contribution < 1.29 is 10.2 Å². The highest BCUT2D eigenvalue weighted by Crippen LogP contribution is 2.44. The van der Waals surface area contributed by atoms with Gasteiger partial charge in [-0.1, -0.05) is 76.6 Å². The van der Waals surface area contributed by atoms with E-state index in [2.05, 4.69) is 39.8 Å². The monoisotopic (exact) mass is 324 g/mol. The molecule has 0 fully saturated rings. The highest BCUT2D eigenvalue weighted by atomic mass is 16.3. The van der Waals surface area contributed by atoms with Gasteiger partial charge >= 0.3 is 0 Å². The van der Waals surface area contributed by atoms with Crippen LogP contribution in [0.2, 0.25) is 0 Å². The standard InChI is InChI=1S/C22H28O2/c1-5-14(3)22(4,6-2)15-11-12-18-19(13-15)21(24)17-10-8-7-9-16(17)20(18)23/h7-14,20-21,23-24H,5-6H2,1-4H3. The summed E-state index contributed by atoms with van der Waals surface area (Å²) in [6.45, 7) is 9.06. The topological polar surface area (TPSA) is 40.5 Å². The van der Waals surface area contributed by atoms with Gasteiger partial charge in [0.15, 0.2) is 0 Å². The minimum absolute atomic E-state index is 0.0748. The fraction of sp³-hybridized carbons (Fsp3) is 0.455. The molecule has 0 saturated heterocycles. The Labute approximate surface area is 145 Å². The van der Waals surface area contributed by atoms with Crippen LogP contribution >= 0.6 is 0 Å². The molecule has 0 spiro atoms. The molecule has 24 heavy (non-hydrogen) atoms. The summed E-state index contributed by atoms with van der Waals surface area (Å²) in [6.07, 6.45) is 0.841. The number of aliphatic hydroxyl groups is 2. The molecule has 2 aromatic rings. The van der Waals surface area contributed by atoms with Gasteiger partial charge in [-0.2, -0.15) is 0 Å². The van der Waals surface area contributed by atoms with Gasteiger partial charge in [0, 0.05) is 0 Å². The zero-order chi connectivity index (χ0) is 17.5. The molecule has 0 aliphatic heterocycles. The van der Waals surface area contributed by atoms with Gasteiger partial charge in [-0.15, -0.1) is 0 Å². The first-order chi connectivity index (χ1) is 11.4. The lowest BCUT2D eigenvalue weighted by molar-refractivity contribution is 0.173. The van der Waals surface area contributed by atoms with Crippen molar-refractivity contribution in [3.05, 3.63) is 70.3 Å². The maximum Gasteiger partial charge on any atom is 0.105 e. The van der Waals surface area contributed by atoms with Gasteiger partial charge in [-0.25, -0.2) is 0 Å². The zero-order valence-corrected chi connectivity index (χ0v) is 15.1. The molecule has 2 N–H and O–H groups in total. The Bertz CT molecular complexity index is 736. The number of aliphatic hydroxyl groups excluding tert-OH is 2. The van der Waals surface area contributed by atoms with Crippen molar-refractivity contribution in [1.82, 2.24) is 0 Å². The normalized spacial score (nSPS) is 23.1. The summed E-state index contributed by atoms with van der Waals surface area (Å²) < 4.78 is 0. The smallest absolute Gasteiger partial charge is 0.105 e. The quantitative estimate of drug-likeness (QED) is 0.841. The van der Waals surface area contributed by atoms with Gasteiger partial charge in [0.1, 0.15) is 12.2 Å². The lowest BCUT2D eigenvalue weighted by Crippen LogP contribution is -2.30. The summed E-state index contributed by atoms with van der Waals surface area (Å²) in [5, 5.41) is 21.6. The zero-order valence-electron chi connectivity index (χ0n) is 15.1. The molecule has 2 aromatic carbocycles. The number of hydrogen-bond donors (Lipinski definition) is 2. The molecule has 4 unspecified atom stereocenters. The van der Waals surface area contributed by atoms with Crippen LogP contribution in [0.1, 0.15) is 80.6 Å². The van der Waals surface area contributed by atoms with Crippen LogP contribution in [0.25, 0.3) is 0 Å². The highest BCUT2D eigenvalue weighted by molar-refractivity contribution is 5.51. The Kier molecular flexibility index (Phi) is 4.54. The fourth-order valence-electron chi connectivity index (χ4n) is 4.05. The van der Waals surface area contributed by atoms with E-state index >= 15 is 0 Å². The van der Waals surface area contributed by atoms with Gasteiger partial charge in [-0.05, 0) is 45.6 Å². The Balaban J connectivity index is 2.12. The van der Waals surface area contributed by atoms with Gasteiger partial charge in [-0.3, -0.25) is 0 Å². The van der Waals surface area contributed by atoms with E-state index in [-0.39, 0.29) is 5.41 Å². The van der Waals surface area contributed by atoms with Crippen molar-refractivity contribution >= 4 is 0 Å². The molecule has 0 aromatic heterocycles. The summed E-state index contributed by atoms with van der Waals surface area (Å²) >= 11 is 0. The second kappa shape index (κ2) is 6.34. The molecule has 2 heteroatoms. The van der Waals surface area contributed by atoms with Crippen LogP contribution in [0.5, 0.6) is 0 Å². The van der Waals surface area contributed by atoms with E-state index in [1.54, 1.807) is 0 Å². The van der Waals surface area contributed by atoms with Gasteiger partial charge in [0.25, 0.3) is 0 Å². The predicted molar refractivity (Wildman–Crippen MR) is 98.1 cm³/mol. The molecule has 1 aliphatic rings. The molecule has 0 amide bonds. The average Bonchev–Trinajstić information content (AvgIpc) is 2.64. The van der Waals surface area contributed by atoms with Crippen LogP contribution in [-0.2, 0) is 5.41 Å². The Hall–Kier alpha value is -1.64. The summed E-state index contributed by atoms with van der Waals surface area (Å²) in [7, 11) is 0. The molecular formula is C22H28O2. The summed E-state index contributed by atoms with van der Waals surface area (Å²) in [5.74, 6) is 0.554. The lowest BCUT2D eigenvalue weighted by Gasteiger charge is -2.37. The van der Waals surface area contributed by atoms with Crippen LogP contribution in [0.4, 0.5) is 0 Å². The highest BCUT2D eigenvalue weighted by Gasteiger charge is 2.34. The number of rotatable bonds is 4. The Morgan fingerprint density at radius 2 is 1.46 bits per heavy atom. The lowest BCUT2D eigenvalue weighted by atomic mass is 9.68. The van der Waals surface area contributed by atoms with Crippen LogP contribution in [0.3, 0.4) is 0 Å². The molecule has 2 nitrogen and oxygen atoms in total. The first-order valence-corrected chi connectivity index (χ1v) is 9.03. The van der Waals surface area contributed by atoms with E-state index in [1.165, 1.54) is 5.56 Å². The molecule has 0 saturated carbocycles. The molecule has 128 valence electrons. The predicted octanol–water partition coefficient (Wildman–Crippen LogP) is 4.88. The largest absolute Gasteiger partial charge is 0.384 e. The van der Waals surface area contributed by atoms with Crippen molar-refractivity contribution in [2.75, 3.05) is 0 Å². The minimum atomic E-state index is -0.669. The van der Waals surface area contributed by atoms with E-state index in [1.807, 2.05) is 30.3 Å². The summed E-state index contributed by atoms with van der Waals surface area (Å²) in [5.41, 5.74) is 4.63. The van der Waals surface area contributed by atoms with E-state index in [9.17, 15) is 10.2 Å². The van der Waals surface area contributed by atoms with Crippen LogP contribution in [0, 0.1) is 5.92 Å². The molecule has 0 heterocycles. The molecule has 3 rings (SSSR count). The minimum Gasteiger partial charge on any atom is -0.384 e. The van der Waals surface area contributed by atoms with Crippen molar-refractivity contribution in [2.24, 2.45) is 5.92 Å². The third-order valence-electron chi connectivity index (χ3n) is 6.36. The van der Waals surface area contributed by atoms with Crippen molar-refractivity contribution in [2.45, 2.75) is 58.2 Å².